The Labute approximate surface area is 98.8 Å². The third-order valence-corrected chi connectivity index (χ3v) is 3.17. The lowest BCUT2D eigenvalue weighted by molar-refractivity contribution is -0.130. The first-order valence-electron chi connectivity index (χ1n) is 6.48. The summed E-state index contributed by atoms with van der Waals surface area (Å²) in [5.74, 6) is 0.295. The third kappa shape index (κ3) is 4.49. The molecule has 1 aliphatic heterocycles. The average molecular weight is 227 g/mol. The SMILES string of the molecule is CCC(=O)N1CCCN(CCCCN)CC1. The summed E-state index contributed by atoms with van der Waals surface area (Å²) >= 11 is 0. The minimum absolute atomic E-state index is 0.295. The van der Waals surface area contributed by atoms with Gasteiger partial charge in [0.25, 0.3) is 0 Å². The molecule has 0 aromatic carbocycles. The summed E-state index contributed by atoms with van der Waals surface area (Å²) in [7, 11) is 0. The second-order valence-electron chi connectivity index (χ2n) is 4.43. The second-order valence-corrected chi connectivity index (χ2v) is 4.43. The van der Waals surface area contributed by atoms with Crippen LogP contribution in [0, 0.1) is 0 Å². The third-order valence-electron chi connectivity index (χ3n) is 3.17. The van der Waals surface area contributed by atoms with Gasteiger partial charge in [0, 0.05) is 26.1 Å². The first-order chi connectivity index (χ1) is 7.77. The molecule has 1 rings (SSSR count). The Morgan fingerprint density at radius 1 is 1.19 bits per heavy atom. The van der Waals surface area contributed by atoms with Gasteiger partial charge in [0.05, 0.1) is 0 Å². The van der Waals surface area contributed by atoms with E-state index >= 15 is 0 Å². The van der Waals surface area contributed by atoms with Gasteiger partial charge < -0.3 is 15.5 Å². The highest BCUT2D eigenvalue weighted by Crippen LogP contribution is 2.05. The van der Waals surface area contributed by atoms with E-state index in [9.17, 15) is 4.79 Å². The van der Waals surface area contributed by atoms with Gasteiger partial charge in [0.1, 0.15) is 0 Å². The second kappa shape index (κ2) is 7.63. The van der Waals surface area contributed by atoms with E-state index in [1.165, 1.54) is 6.42 Å². The van der Waals surface area contributed by atoms with Crippen molar-refractivity contribution in [3.8, 4) is 0 Å². The van der Waals surface area contributed by atoms with Crippen LogP contribution in [0.25, 0.3) is 0 Å². The van der Waals surface area contributed by atoms with Gasteiger partial charge in [-0.15, -0.1) is 0 Å². The van der Waals surface area contributed by atoms with E-state index in [4.69, 9.17) is 5.73 Å². The standard InChI is InChI=1S/C12H25N3O/c1-2-12(16)15-9-5-8-14(10-11-15)7-4-3-6-13/h2-11,13H2,1H3. The van der Waals surface area contributed by atoms with Crippen LogP contribution in [-0.2, 0) is 4.79 Å². The van der Waals surface area contributed by atoms with E-state index in [1.807, 2.05) is 11.8 Å². The minimum atomic E-state index is 0.295. The molecule has 0 aromatic heterocycles. The van der Waals surface area contributed by atoms with Crippen LogP contribution in [0.5, 0.6) is 0 Å². The van der Waals surface area contributed by atoms with E-state index in [1.54, 1.807) is 0 Å². The molecule has 0 radical (unpaired) electrons. The van der Waals surface area contributed by atoms with Gasteiger partial charge in [-0.05, 0) is 38.9 Å². The largest absolute Gasteiger partial charge is 0.341 e. The zero-order valence-corrected chi connectivity index (χ0v) is 10.5. The molecular formula is C12H25N3O. The van der Waals surface area contributed by atoms with Crippen LogP contribution in [-0.4, -0.2) is 55.0 Å². The number of hydrogen-bond donors (Lipinski definition) is 1. The van der Waals surface area contributed by atoms with Crippen molar-refractivity contribution in [3.05, 3.63) is 0 Å². The van der Waals surface area contributed by atoms with Gasteiger partial charge >= 0.3 is 0 Å². The highest BCUT2D eigenvalue weighted by molar-refractivity contribution is 5.75. The molecule has 0 atom stereocenters. The molecule has 1 amide bonds. The summed E-state index contributed by atoms with van der Waals surface area (Å²) in [6.07, 6.45) is 4.02. The fourth-order valence-corrected chi connectivity index (χ4v) is 2.15. The maximum Gasteiger partial charge on any atom is 0.222 e. The van der Waals surface area contributed by atoms with Gasteiger partial charge in [-0.25, -0.2) is 0 Å². The Morgan fingerprint density at radius 2 is 2.00 bits per heavy atom. The summed E-state index contributed by atoms with van der Waals surface area (Å²) in [4.78, 5) is 16.0. The summed E-state index contributed by atoms with van der Waals surface area (Å²) in [5.41, 5.74) is 5.48. The van der Waals surface area contributed by atoms with E-state index in [2.05, 4.69) is 4.90 Å². The van der Waals surface area contributed by atoms with Crippen molar-refractivity contribution >= 4 is 5.91 Å². The van der Waals surface area contributed by atoms with Gasteiger partial charge in [-0.3, -0.25) is 4.79 Å². The summed E-state index contributed by atoms with van der Waals surface area (Å²) < 4.78 is 0. The lowest BCUT2D eigenvalue weighted by Crippen LogP contribution is -2.35. The van der Waals surface area contributed by atoms with Crippen molar-refractivity contribution in [1.29, 1.82) is 0 Å². The van der Waals surface area contributed by atoms with Crippen molar-refractivity contribution in [3.63, 3.8) is 0 Å². The minimum Gasteiger partial charge on any atom is -0.341 e. The fraction of sp³-hybridized carbons (Fsp3) is 0.917. The monoisotopic (exact) mass is 227 g/mol. The molecule has 1 saturated heterocycles. The lowest BCUT2D eigenvalue weighted by Gasteiger charge is -2.21. The van der Waals surface area contributed by atoms with Crippen LogP contribution in [0.3, 0.4) is 0 Å². The molecule has 0 aliphatic carbocycles. The number of rotatable bonds is 5. The Morgan fingerprint density at radius 3 is 2.69 bits per heavy atom. The van der Waals surface area contributed by atoms with Crippen LogP contribution >= 0.6 is 0 Å². The number of hydrogen-bond acceptors (Lipinski definition) is 3. The molecule has 1 aliphatic rings. The van der Waals surface area contributed by atoms with Crippen LogP contribution in [0.4, 0.5) is 0 Å². The molecule has 94 valence electrons. The normalized spacial score (nSPS) is 18.5. The Bertz CT molecular complexity index is 208. The van der Waals surface area contributed by atoms with Crippen molar-refractivity contribution in [2.45, 2.75) is 32.6 Å². The average Bonchev–Trinajstić information content (AvgIpc) is 2.54. The molecule has 1 fully saturated rings. The summed E-state index contributed by atoms with van der Waals surface area (Å²) in [5, 5.41) is 0. The number of nitrogens with two attached hydrogens (primary N) is 1. The quantitative estimate of drug-likeness (QED) is 0.702. The molecule has 0 aromatic rings. The van der Waals surface area contributed by atoms with Crippen LogP contribution in [0.2, 0.25) is 0 Å². The maximum atomic E-state index is 11.6. The molecular weight excluding hydrogens is 202 g/mol. The molecule has 0 saturated carbocycles. The summed E-state index contributed by atoms with van der Waals surface area (Å²) in [6, 6.07) is 0. The molecule has 1 heterocycles. The van der Waals surface area contributed by atoms with Crippen molar-refractivity contribution in [2.75, 3.05) is 39.3 Å². The van der Waals surface area contributed by atoms with Crippen LogP contribution in [0.15, 0.2) is 0 Å². The van der Waals surface area contributed by atoms with Crippen LogP contribution < -0.4 is 5.73 Å². The molecule has 16 heavy (non-hydrogen) atoms. The van der Waals surface area contributed by atoms with Gasteiger partial charge in [-0.2, -0.15) is 0 Å². The Kier molecular flexibility index (Phi) is 6.42. The molecule has 0 unspecified atom stereocenters. The smallest absolute Gasteiger partial charge is 0.222 e. The predicted octanol–water partition coefficient (Wildman–Crippen LogP) is 0.670. The molecule has 0 spiro atoms. The zero-order chi connectivity index (χ0) is 11.8. The maximum absolute atomic E-state index is 11.6. The van der Waals surface area contributed by atoms with Gasteiger partial charge in [0.2, 0.25) is 5.91 Å². The molecule has 4 heteroatoms. The zero-order valence-electron chi connectivity index (χ0n) is 10.5. The molecule has 0 bridgehead atoms. The Balaban J connectivity index is 2.26. The van der Waals surface area contributed by atoms with E-state index in [0.29, 0.717) is 12.3 Å². The highest BCUT2D eigenvalue weighted by Gasteiger charge is 2.17. The molecule has 4 nitrogen and oxygen atoms in total. The van der Waals surface area contributed by atoms with Crippen molar-refractivity contribution in [2.24, 2.45) is 5.73 Å². The van der Waals surface area contributed by atoms with Crippen molar-refractivity contribution < 1.29 is 4.79 Å². The van der Waals surface area contributed by atoms with E-state index < -0.39 is 0 Å². The van der Waals surface area contributed by atoms with Crippen molar-refractivity contribution in [1.82, 2.24) is 9.80 Å². The van der Waals surface area contributed by atoms with E-state index in [0.717, 1.165) is 52.1 Å². The van der Waals surface area contributed by atoms with Crippen LogP contribution in [0.1, 0.15) is 32.6 Å². The first-order valence-corrected chi connectivity index (χ1v) is 6.48. The number of unbranched alkanes of at least 4 members (excludes halogenated alkanes) is 1. The summed E-state index contributed by atoms with van der Waals surface area (Å²) in [6.45, 7) is 7.83. The number of nitrogens with zero attached hydrogens (tertiary/aromatic N) is 2. The number of carbonyl (C=O) groups excluding carboxylic acids is 1. The first kappa shape index (κ1) is 13.5. The Hall–Kier alpha value is -0.610. The van der Waals surface area contributed by atoms with Gasteiger partial charge in [0.15, 0.2) is 0 Å². The predicted molar refractivity (Wildman–Crippen MR) is 66.2 cm³/mol. The number of amides is 1. The van der Waals surface area contributed by atoms with Gasteiger partial charge in [-0.1, -0.05) is 6.92 Å². The number of carbonyl (C=O) groups is 1. The van der Waals surface area contributed by atoms with E-state index in [-0.39, 0.29) is 0 Å². The highest BCUT2D eigenvalue weighted by atomic mass is 16.2. The fourth-order valence-electron chi connectivity index (χ4n) is 2.15. The topological polar surface area (TPSA) is 49.6 Å². The molecule has 2 N–H and O–H groups in total. The lowest BCUT2D eigenvalue weighted by atomic mass is 10.3.